The molecule has 1 aliphatic rings. The number of nitrogens with zero attached hydrogens (tertiary/aromatic N) is 3. The fourth-order valence-corrected chi connectivity index (χ4v) is 5.59. The van der Waals surface area contributed by atoms with Gasteiger partial charge in [0.25, 0.3) is 0 Å². The van der Waals surface area contributed by atoms with Crippen LogP contribution in [0.15, 0.2) is 64.6 Å². The fraction of sp³-hybridized carbons (Fsp3) is 0.300. The van der Waals surface area contributed by atoms with E-state index in [0.717, 1.165) is 29.5 Å². The van der Waals surface area contributed by atoms with Crippen LogP contribution in [0.3, 0.4) is 0 Å². The van der Waals surface area contributed by atoms with Gasteiger partial charge in [0.2, 0.25) is 0 Å². The molecule has 1 fully saturated rings. The van der Waals surface area contributed by atoms with Crippen molar-refractivity contribution in [2.45, 2.75) is 28.8 Å². The molecule has 1 saturated carbocycles. The van der Waals surface area contributed by atoms with Crippen molar-refractivity contribution in [3.63, 3.8) is 0 Å². The quantitative estimate of drug-likeness (QED) is 0.522. The Morgan fingerprint density at radius 2 is 1.89 bits per heavy atom. The smallest absolute Gasteiger partial charge is 0.195 e. The molecule has 0 bridgehead atoms. The standard InChI is InChI=1S/C20H21N3O3S2/c1-26-17-8-5-9-18(14-17)28(24,25)13-12-27-20-22-21-19(15-10-11-15)23(20)16-6-3-2-4-7-16/h2-9,14-15H,10-13H2,1H3. The largest absolute Gasteiger partial charge is 0.497 e. The Bertz CT molecular complexity index is 1060. The molecule has 8 heteroatoms. The van der Waals surface area contributed by atoms with Crippen molar-refractivity contribution >= 4 is 21.6 Å². The number of thioether (sulfide) groups is 1. The zero-order valence-corrected chi connectivity index (χ0v) is 17.1. The first kappa shape index (κ1) is 19.0. The predicted octanol–water partition coefficient (Wildman–Crippen LogP) is 3.72. The molecule has 28 heavy (non-hydrogen) atoms. The van der Waals surface area contributed by atoms with Gasteiger partial charge in [-0.2, -0.15) is 0 Å². The molecule has 2 aromatic carbocycles. The minimum Gasteiger partial charge on any atom is -0.497 e. The highest BCUT2D eigenvalue weighted by Crippen LogP contribution is 2.41. The van der Waals surface area contributed by atoms with Gasteiger partial charge in [-0.25, -0.2) is 8.42 Å². The van der Waals surface area contributed by atoms with E-state index in [4.69, 9.17) is 4.74 Å². The van der Waals surface area contributed by atoms with Crippen LogP contribution in [-0.2, 0) is 9.84 Å². The van der Waals surface area contributed by atoms with Crippen LogP contribution in [0.4, 0.5) is 0 Å². The highest BCUT2D eigenvalue weighted by atomic mass is 32.2. The molecule has 1 aromatic heterocycles. The molecule has 1 heterocycles. The number of ether oxygens (including phenoxy) is 1. The minimum atomic E-state index is -3.40. The SMILES string of the molecule is COc1cccc(S(=O)(=O)CCSc2nnc(C3CC3)n2-c2ccccc2)c1. The first-order valence-electron chi connectivity index (χ1n) is 9.09. The Morgan fingerprint density at radius 1 is 1.11 bits per heavy atom. The van der Waals surface area contributed by atoms with E-state index in [1.807, 2.05) is 30.3 Å². The number of hydrogen-bond donors (Lipinski definition) is 0. The first-order chi connectivity index (χ1) is 13.6. The van der Waals surface area contributed by atoms with Gasteiger partial charge < -0.3 is 4.74 Å². The molecular formula is C20H21N3O3S2. The van der Waals surface area contributed by atoms with Gasteiger partial charge in [0.1, 0.15) is 11.6 Å². The third kappa shape index (κ3) is 4.07. The number of methoxy groups -OCH3 is 1. The van der Waals surface area contributed by atoms with Crippen LogP contribution in [-0.4, -0.2) is 41.8 Å². The second-order valence-electron chi connectivity index (χ2n) is 6.63. The summed E-state index contributed by atoms with van der Waals surface area (Å²) in [4.78, 5) is 0.274. The molecule has 0 N–H and O–H groups in total. The molecule has 1 aliphatic carbocycles. The van der Waals surface area contributed by atoms with Crippen molar-refractivity contribution in [2.24, 2.45) is 0 Å². The summed E-state index contributed by atoms with van der Waals surface area (Å²) in [5.41, 5.74) is 1.01. The van der Waals surface area contributed by atoms with Crippen molar-refractivity contribution in [1.82, 2.24) is 14.8 Å². The lowest BCUT2D eigenvalue weighted by Gasteiger charge is -2.10. The number of benzene rings is 2. The normalized spacial score (nSPS) is 14.2. The van der Waals surface area contributed by atoms with Crippen LogP contribution in [0.2, 0.25) is 0 Å². The molecule has 146 valence electrons. The second-order valence-corrected chi connectivity index (χ2v) is 9.80. The lowest BCUT2D eigenvalue weighted by molar-refractivity contribution is 0.413. The van der Waals surface area contributed by atoms with Crippen molar-refractivity contribution in [3.8, 4) is 11.4 Å². The number of rotatable bonds is 8. The summed E-state index contributed by atoms with van der Waals surface area (Å²) in [6, 6.07) is 16.5. The van der Waals surface area contributed by atoms with Crippen LogP contribution in [0, 0.1) is 0 Å². The summed E-state index contributed by atoms with van der Waals surface area (Å²) in [6.45, 7) is 0. The number of aromatic nitrogens is 3. The molecule has 6 nitrogen and oxygen atoms in total. The van der Waals surface area contributed by atoms with E-state index in [-0.39, 0.29) is 10.6 Å². The molecule has 0 spiro atoms. The van der Waals surface area contributed by atoms with Crippen LogP contribution in [0.5, 0.6) is 5.75 Å². The maximum atomic E-state index is 12.7. The molecule has 0 unspecified atom stereocenters. The molecule has 0 amide bonds. The summed E-state index contributed by atoms with van der Waals surface area (Å²) in [6.07, 6.45) is 2.25. The van der Waals surface area contributed by atoms with E-state index >= 15 is 0 Å². The Hall–Kier alpha value is -2.32. The Balaban J connectivity index is 1.51. The molecule has 0 aliphatic heterocycles. The summed E-state index contributed by atoms with van der Waals surface area (Å²) in [5.74, 6) is 2.36. The molecular weight excluding hydrogens is 394 g/mol. The molecule has 3 aromatic rings. The predicted molar refractivity (Wildman–Crippen MR) is 109 cm³/mol. The van der Waals surface area contributed by atoms with Gasteiger partial charge in [-0.1, -0.05) is 36.0 Å². The highest BCUT2D eigenvalue weighted by Gasteiger charge is 2.31. The summed E-state index contributed by atoms with van der Waals surface area (Å²) in [5, 5.41) is 9.44. The number of para-hydroxylation sites is 1. The fourth-order valence-electron chi connectivity index (χ4n) is 2.96. The van der Waals surface area contributed by atoms with Crippen molar-refractivity contribution in [3.05, 3.63) is 60.4 Å². The van der Waals surface area contributed by atoms with Gasteiger partial charge >= 0.3 is 0 Å². The van der Waals surface area contributed by atoms with E-state index < -0.39 is 9.84 Å². The second kappa shape index (κ2) is 7.97. The van der Waals surface area contributed by atoms with Gasteiger partial charge in [0.15, 0.2) is 15.0 Å². The van der Waals surface area contributed by atoms with E-state index in [9.17, 15) is 8.42 Å². The van der Waals surface area contributed by atoms with Crippen molar-refractivity contribution in [2.75, 3.05) is 18.6 Å². The van der Waals surface area contributed by atoms with Gasteiger partial charge in [-0.3, -0.25) is 4.57 Å². The minimum absolute atomic E-state index is 0.0191. The summed E-state index contributed by atoms with van der Waals surface area (Å²) in [7, 11) is -1.87. The number of sulfone groups is 1. The molecule has 0 radical (unpaired) electrons. The Kier molecular flexibility index (Phi) is 5.41. The third-order valence-corrected chi connectivity index (χ3v) is 7.50. The lowest BCUT2D eigenvalue weighted by Crippen LogP contribution is -2.10. The maximum Gasteiger partial charge on any atom is 0.195 e. The Labute approximate surface area is 168 Å². The summed E-state index contributed by atoms with van der Waals surface area (Å²) < 4.78 is 32.5. The van der Waals surface area contributed by atoms with Crippen molar-refractivity contribution in [1.29, 1.82) is 0 Å². The van der Waals surface area contributed by atoms with Crippen LogP contribution in [0.1, 0.15) is 24.6 Å². The molecule has 0 saturated heterocycles. The van der Waals surface area contributed by atoms with Crippen molar-refractivity contribution < 1.29 is 13.2 Å². The lowest BCUT2D eigenvalue weighted by atomic mass is 10.3. The van der Waals surface area contributed by atoms with E-state index in [1.54, 1.807) is 24.3 Å². The monoisotopic (exact) mass is 415 g/mol. The van der Waals surface area contributed by atoms with Gasteiger partial charge in [-0.15, -0.1) is 10.2 Å². The average molecular weight is 416 g/mol. The van der Waals surface area contributed by atoms with Gasteiger partial charge in [0, 0.05) is 17.4 Å². The number of hydrogen-bond acceptors (Lipinski definition) is 6. The first-order valence-corrected chi connectivity index (χ1v) is 11.7. The zero-order valence-electron chi connectivity index (χ0n) is 15.5. The average Bonchev–Trinajstić information content (AvgIpc) is 3.48. The van der Waals surface area contributed by atoms with E-state index in [2.05, 4.69) is 14.8 Å². The zero-order chi connectivity index (χ0) is 19.6. The van der Waals surface area contributed by atoms with Crippen LogP contribution < -0.4 is 4.74 Å². The molecule has 0 atom stereocenters. The van der Waals surface area contributed by atoms with Crippen LogP contribution >= 0.6 is 11.8 Å². The topological polar surface area (TPSA) is 74.1 Å². The summed E-state index contributed by atoms with van der Waals surface area (Å²) >= 11 is 1.42. The molecule has 4 rings (SSSR count). The highest BCUT2D eigenvalue weighted by molar-refractivity contribution is 8.00. The van der Waals surface area contributed by atoms with Gasteiger partial charge in [0.05, 0.1) is 17.8 Å². The van der Waals surface area contributed by atoms with E-state index in [1.165, 1.54) is 18.9 Å². The van der Waals surface area contributed by atoms with Gasteiger partial charge in [-0.05, 0) is 43.2 Å². The Morgan fingerprint density at radius 3 is 2.61 bits per heavy atom. The maximum absolute atomic E-state index is 12.7. The van der Waals surface area contributed by atoms with Crippen LogP contribution in [0.25, 0.3) is 5.69 Å². The third-order valence-electron chi connectivity index (χ3n) is 4.60. The van der Waals surface area contributed by atoms with E-state index in [0.29, 0.717) is 17.4 Å².